The number of nitrogens with one attached hydrogen (secondary N) is 1. The molecule has 0 aromatic heterocycles. The van der Waals surface area contributed by atoms with E-state index in [2.05, 4.69) is 16.9 Å². The number of benzene rings is 1. The lowest BCUT2D eigenvalue weighted by molar-refractivity contribution is 0.548. The first-order chi connectivity index (χ1) is 8.85. The number of rotatable bonds is 4. The third-order valence-electron chi connectivity index (χ3n) is 2.37. The van der Waals surface area contributed by atoms with Crippen molar-refractivity contribution < 1.29 is 13.2 Å². The standard InChI is InChI=1S/C13H14F3N3/c1-4-7(2)13(17)19-8(3)18-12-10(15)5-9(14)6-11(12)16/h4-6,18H,3H2,1-2H3,(H2,17,19)/b7-4-. The molecule has 0 aliphatic heterocycles. The van der Waals surface area contributed by atoms with E-state index in [0.29, 0.717) is 17.7 Å². The van der Waals surface area contributed by atoms with Crippen molar-refractivity contribution in [1.29, 1.82) is 0 Å². The van der Waals surface area contributed by atoms with E-state index in [9.17, 15) is 13.2 Å². The van der Waals surface area contributed by atoms with E-state index in [-0.39, 0.29) is 11.7 Å². The van der Waals surface area contributed by atoms with Crippen LogP contribution in [0.5, 0.6) is 0 Å². The Hall–Kier alpha value is -2.24. The van der Waals surface area contributed by atoms with Crippen molar-refractivity contribution in [2.24, 2.45) is 10.7 Å². The molecule has 19 heavy (non-hydrogen) atoms. The lowest BCUT2D eigenvalue weighted by Crippen LogP contribution is -2.15. The van der Waals surface area contributed by atoms with Gasteiger partial charge in [-0.2, -0.15) is 0 Å². The van der Waals surface area contributed by atoms with Crippen LogP contribution in [0.2, 0.25) is 0 Å². The molecule has 0 aliphatic carbocycles. The molecule has 1 aromatic carbocycles. The molecule has 0 fully saturated rings. The first-order valence-electron chi connectivity index (χ1n) is 5.43. The predicted molar refractivity (Wildman–Crippen MR) is 70.1 cm³/mol. The van der Waals surface area contributed by atoms with Crippen molar-refractivity contribution in [3.05, 3.63) is 53.6 Å². The molecule has 0 aliphatic rings. The maximum Gasteiger partial charge on any atom is 0.152 e. The average molecular weight is 269 g/mol. The van der Waals surface area contributed by atoms with Gasteiger partial charge in [0.25, 0.3) is 0 Å². The zero-order valence-electron chi connectivity index (χ0n) is 10.6. The number of hydrogen-bond donors (Lipinski definition) is 2. The Kier molecular flexibility index (Phi) is 4.74. The summed E-state index contributed by atoms with van der Waals surface area (Å²) in [4.78, 5) is 3.84. The van der Waals surface area contributed by atoms with Crippen molar-refractivity contribution in [2.75, 3.05) is 5.32 Å². The van der Waals surface area contributed by atoms with E-state index in [0.717, 1.165) is 0 Å². The van der Waals surface area contributed by atoms with Crippen LogP contribution in [0, 0.1) is 17.5 Å². The fourth-order valence-electron chi connectivity index (χ4n) is 1.22. The molecular formula is C13H14F3N3. The minimum Gasteiger partial charge on any atom is -0.383 e. The predicted octanol–water partition coefficient (Wildman–Crippen LogP) is 3.31. The number of anilines is 1. The second kappa shape index (κ2) is 6.08. The maximum absolute atomic E-state index is 13.4. The molecule has 0 radical (unpaired) electrons. The Morgan fingerprint density at radius 1 is 1.32 bits per heavy atom. The van der Waals surface area contributed by atoms with Crippen LogP contribution in [-0.2, 0) is 0 Å². The van der Waals surface area contributed by atoms with E-state index < -0.39 is 23.1 Å². The molecule has 1 aromatic rings. The summed E-state index contributed by atoms with van der Waals surface area (Å²) >= 11 is 0. The number of hydrogen-bond acceptors (Lipinski definition) is 2. The molecule has 6 heteroatoms. The minimum absolute atomic E-state index is 0.0527. The summed E-state index contributed by atoms with van der Waals surface area (Å²) < 4.78 is 39.4. The molecule has 0 saturated carbocycles. The van der Waals surface area contributed by atoms with Gasteiger partial charge in [0.15, 0.2) is 11.6 Å². The highest BCUT2D eigenvalue weighted by Gasteiger charge is 2.12. The average Bonchev–Trinajstić information content (AvgIpc) is 2.32. The summed E-state index contributed by atoms with van der Waals surface area (Å²) in [6.45, 7) is 6.98. The van der Waals surface area contributed by atoms with Crippen molar-refractivity contribution in [3.8, 4) is 0 Å². The quantitative estimate of drug-likeness (QED) is 0.650. The smallest absolute Gasteiger partial charge is 0.152 e. The molecule has 3 N–H and O–H groups in total. The zero-order chi connectivity index (χ0) is 14.6. The molecule has 0 spiro atoms. The van der Waals surface area contributed by atoms with Gasteiger partial charge in [0, 0.05) is 12.1 Å². The van der Waals surface area contributed by atoms with Crippen LogP contribution in [-0.4, -0.2) is 5.84 Å². The van der Waals surface area contributed by atoms with Crippen LogP contribution in [0.4, 0.5) is 18.9 Å². The van der Waals surface area contributed by atoms with Crippen LogP contribution >= 0.6 is 0 Å². The summed E-state index contributed by atoms with van der Waals surface area (Å²) in [7, 11) is 0. The Bertz CT molecular complexity index is 539. The second-order valence-electron chi connectivity index (χ2n) is 3.78. The third-order valence-corrected chi connectivity index (χ3v) is 2.37. The Labute approximate surface area is 109 Å². The first-order valence-corrected chi connectivity index (χ1v) is 5.43. The van der Waals surface area contributed by atoms with Crippen molar-refractivity contribution >= 4 is 11.5 Å². The van der Waals surface area contributed by atoms with Gasteiger partial charge in [-0.25, -0.2) is 18.2 Å². The number of nitrogens with zero attached hydrogens (tertiary/aromatic N) is 1. The molecule has 0 bridgehead atoms. The monoisotopic (exact) mass is 269 g/mol. The van der Waals surface area contributed by atoms with Crippen LogP contribution < -0.4 is 11.1 Å². The Morgan fingerprint density at radius 2 is 1.84 bits per heavy atom. The minimum atomic E-state index is -1.07. The SMILES string of the molecule is C=C(/N=C(N)\C(C)=C/C)Nc1c(F)cc(F)cc1F. The van der Waals surface area contributed by atoms with E-state index >= 15 is 0 Å². The first kappa shape index (κ1) is 14.8. The summed E-state index contributed by atoms with van der Waals surface area (Å²) in [6.07, 6.45) is 1.73. The summed E-state index contributed by atoms with van der Waals surface area (Å²) in [5.74, 6) is -3.03. The fourth-order valence-corrected chi connectivity index (χ4v) is 1.22. The largest absolute Gasteiger partial charge is 0.383 e. The van der Waals surface area contributed by atoms with Gasteiger partial charge in [-0.05, 0) is 19.4 Å². The highest BCUT2D eigenvalue weighted by Crippen LogP contribution is 2.21. The number of amidine groups is 1. The van der Waals surface area contributed by atoms with E-state index in [1.807, 2.05) is 0 Å². The van der Waals surface area contributed by atoms with Gasteiger partial charge in [-0.1, -0.05) is 12.7 Å². The van der Waals surface area contributed by atoms with Gasteiger partial charge in [0.1, 0.15) is 23.2 Å². The summed E-state index contributed by atoms with van der Waals surface area (Å²) in [5.41, 5.74) is 5.79. The Morgan fingerprint density at radius 3 is 2.32 bits per heavy atom. The Balaban J connectivity index is 2.96. The van der Waals surface area contributed by atoms with Gasteiger partial charge in [0.05, 0.1) is 0 Å². The van der Waals surface area contributed by atoms with Gasteiger partial charge >= 0.3 is 0 Å². The number of nitrogens with two attached hydrogens (primary N) is 1. The van der Waals surface area contributed by atoms with E-state index in [4.69, 9.17) is 5.73 Å². The fraction of sp³-hybridized carbons (Fsp3) is 0.154. The highest BCUT2D eigenvalue weighted by molar-refractivity contribution is 5.97. The molecule has 0 amide bonds. The summed E-state index contributed by atoms with van der Waals surface area (Å²) in [5, 5.41) is 2.31. The summed E-state index contributed by atoms with van der Waals surface area (Å²) in [6, 6.07) is 1.12. The van der Waals surface area contributed by atoms with Crippen LogP contribution in [0.3, 0.4) is 0 Å². The zero-order valence-corrected chi connectivity index (χ0v) is 10.6. The van der Waals surface area contributed by atoms with Gasteiger partial charge in [-0.15, -0.1) is 0 Å². The number of halogens is 3. The van der Waals surface area contributed by atoms with Gasteiger partial charge in [-0.3, -0.25) is 0 Å². The normalized spacial score (nSPS) is 12.5. The van der Waals surface area contributed by atoms with Crippen LogP contribution in [0.1, 0.15) is 13.8 Å². The van der Waals surface area contributed by atoms with Crippen molar-refractivity contribution in [3.63, 3.8) is 0 Å². The lowest BCUT2D eigenvalue weighted by atomic mass is 10.2. The van der Waals surface area contributed by atoms with E-state index in [1.165, 1.54) is 0 Å². The molecule has 0 atom stereocenters. The third kappa shape index (κ3) is 3.87. The van der Waals surface area contributed by atoms with E-state index in [1.54, 1.807) is 19.9 Å². The molecule has 0 heterocycles. The van der Waals surface area contributed by atoms with Gasteiger partial charge in [0.2, 0.25) is 0 Å². The van der Waals surface area contributed by atoms with Crippen molar-refractivity contribution in [2.45, 2.75) is 13.8 Å². The molecule has 1 rings (SSSR count). The lowest BCUT2D eigenvalue weighted by Gasteiger charge is -2.09. The second-order valence-corrected chi connectivity index (χ2v) is 3.78. The van der Waals surface area contributed by atoms with Crippen LogP contribution in [0.15, 0.2) is 41.2 Å². The highest BCUT2D eigenvalue weighted by atomic mass is 19.1. The molecule has 3 nitrogen and oxygen atoms in total. The van der Waals surface area contributed by atoms with Crippen LogP contribution in [0.25, 0.3) is 0 Å². The van der Waals surface area contributed by atoms with Crippen molar-refractivity contribution in [1.82, 2.24) is 0 Å². The maximum atomic E-state index is 13.4. The number of allylic oxidation sites excluding steroid dienone is 1. The molecule has 0 saturated heterocycles. The molecule has 102 valence electrons. The molecule has 0 unspecified atom stereocenters. The van der Waals surface area contributed by atoms with Gasteiger partial charge < -0.3 is 11.1 Å². The topological polar surface area (TPSA) is 50.4 Å². The number of aliphatic imine (C=N–C) groups is 1. The molecular weight excluding hydrogens is 255 g/mol.